The molecule has 0 rings (SSSR count). The summed E-state index contributed by atoms with van der Waals surface area (Å²) in [6.07, 6.45) is 14.7. The Labute approximate surface area is 194 Å². The Morgan fingerprint density at radius 3 is 1.19 bits per heavy atom. The van der Waals surface area contributed by atoms with Crippen LogP contribution in [0.3, 0.4) is 0 Å². The first kappa shape index (κ1) is 30.8. The van der Waals surface area contributed by atoms with Gasteiger partial charge < -0.3 is 24.8 Å². The molecule has 0 saturated heterocycles. The maximum Gasteiger partial charge on any atom is 0.305 e. The number of unbranched alkanes of at least 4 members (excludes halogenated alkanes) is 12. The summed E-state index contributed by atoms with van der Waals surface area (Å²) >= 11 is 0. The van der Waals surface area contributed by atoms with Crippen molar-refractivity contribution >= 4 is 11.9 Å². The van der Waals surface area contributed by atoms with Gasteiger partial charge in [-0.2, -0.15) is 0 Å². The van der Waals surface area contributed by atoms with Crippen LogP contribution in [0.2, 0.25) is 0 Å². The van der Waals surface area contributed by atoms with E-state index in [9.17, 15) is 14.7 Å². The average Bonchev–Trinajstić information content (AvgIpc) is 2.80. The Morgan fingerprint density at radius 1 is 0.562 bits per heavy atom. The van der Waals surface area contributed by atoms with Crippen molar-refractivity contribution in [1.82, 2.24) is 0 Å². The number of aliphatic hydroxyl groups is 3. The first-order valence-electron chi connectivity index (χ1n) is 12.6. The van der Waals surface area contributed by atoms with E-state index in [1.165, 1.54) is 0 Å². The number of carbonyl (C=O) groups is 2. The van der Waals surface area contributed by atoms with Gasteiger partial charge in [-0.05, 0) is 25.7 Å². The molecule has 0 aliphatic heterocycles. The molecule has 0 fully saturated rings. The highest BCUT2D eigenvalue weighted by molar-refractivity contribution is 5.69. The summed E-state index contributed by atoms with van der Waals surface area (Å²) in [7, 11) is 0. The van der Waals surface area contributed by atoms with Gasteiger partial charge in [0.25, 0.3) is 0 Å². The Hall–Kier alpha value is -1.18. The van der Waals surface area contributed by atoms with Crippen LogP contribution in [0.25, 0.3) is 0 Å². The molecule has 0 radical (unpaired) electrons. The highest BCUT2D eigenvalue weighted by Crippen LogP contribution is 2.18. The zero-order valence-electron chi connectivity index (χ0n) is 20.3. The predicted molar refractivity (Wildman–Crippen MR) is 125 cm³/mol. The van der Waals surface area contributed by atoms with E-state index >= 15 is 0 Å². The van der Waals surface area contributed by atoms with Crippen LogP contribution in [0.5, 0.6) is 0 Å². The van der Waals surface area contributed by atoms with Crippen LogP contribution >= 0.6 is 0 Å². The lowest BCUT2D eigenvalue weighted by Crippen LogP contribution is -2.35. The van der Waals surface area contributed by atoms with Crippen molar-refractivity contribution in [1.29, 1.82) is 0 Å². The predicted octanol–water partition coefficient (Wildman–Crippen LogP) is 4.30. The lowest BCUT2D eigenvalue weighted by molar-refractivity contribution is -0.155. The molecule has 32 heavy (non-hydrogen) atoms. The standard InChI is InChI=1S/C25H48O7/c1-25(20-28,21-31-23(29)16-12-8-4-2-6-10-14-18-26)22-32-24(30)17-13-9-5-3-7-11-15-19-27/h26-28H,2-22H2,1H3. The minimum Gasteiger partial charge on any atom is -0.465 e. The van der Waals surface area contributed by atoms with Crippen LogP contribution in [0.4, 0.5) is 0 Å². The summed E-state index contributed by atoms with van der Waals surface area (Å²) in [6.45, 7) is 2.09. The van der Waals surface area contributed by atoms with Gasteiger partial charge in [-0.3, -0.25) is 9.59 Å². The monoisotopic (exact) mass is 460 g/mol. The van der Waals surface area contributed by atoms with Gasteiger partial charge in [0.2, 0.25) is 0 Å². The number of carbonyl (C=O) groups excluding carboxylic acids is 2. The lowest BCUT2D eigenvalue weighted by Gasteiger charge is -2.26. The van der Waals surface area contributed by atoms with Crippen molar-refractivity contribution in [3.63, 3.8) is 0 Å². The molecule has 0 unspecified atom stereocenters. The van der Waals surface area contributed by atoms with Crippen molar-refractivity contribution in [2.75, 3.05) is 33.0 Å². The summed E-state index contributed by atoms with van der Waals surface area (Å²) in [5, 5.41) is 27.1. The average molecular weight is 461 g/mol. The van der Waals surface area contributed by atoms with E-state index in [2.05, 4.69) is 0 Å². The zero-order chi connectivity index (χ0) is 23.9. The fourth-order valence-corrected chi connectivity index (χ4v) is 3.32. The molecule has 0 aromatic rings. The molecule has 0 bridgehead atoms. The summed E-state index contributed by atoms with van der Waals surface area (Å²) in [5.41, 5.74) is -0.787. The Morgan fingerprint density at radius 2 is 0.875 bits per heavy atom. The topological polar surface area (TPSA) is 113 Å². The minimum absolute atomic E-state index is 0.0324. The molecule has 7 heteroatoms. The van der Waals surface area contributed by atoms with E-state index in [0.29, 0.717) is 12.8 Å². The third-order valence-electron chi connectivity index (χ3n) is 5.62. The molecule has 0 aromatic carbocycles. The van der Waals surface area contributed by atoms with Crippen LogP contribution in [0.15, 0.2) is 0 Å². The van der Waals surface area contributed by atoms with Crippen molar-refractivity contribution in [2.45, 2.75) is 110 Å². The van der Waals surface area contributed by atoms with Gasteiger partial charge in [0.1, 0.15) is 13.2 Å². The Kier molecular flexibility index (Phi) is 20.9. The van der Waals surface area contributed by atoms with Gasteiger partial charge in [-0.15, -0.1) is 0 Å². The molecule has 0 amide bonds. The van der Waals surface area contributed by atoms with Crippen molar-refractivity contribution in [3.05, 3.63) is 0 Å². The van der Waals surface area contributed by atoms with Gasteiger partial charge in [-0.25, -0.2) is 0 Å². The largest absolute Gasteiger partial charge is 0.465 e. The quantitative estimate of drug-likeness (QED) is 0.154. The second kappa shape index (κ2) is 21.7. The second-order valence-corrected chi connectivity index (χ2v) is 9.19. The molecule has 0 spiro atoms. The molecule has 0 aliphatic rings. The summed E-state index contributed by atoms with van der Waals surface area (Å²) < 4.78 is 10.6. The van der Waals surface area contributed by atoms with E-state index in [-0.39, 0.29) is 45.0 Å². The first-order chi connectivity index (χ1) is 15.5. The molecule has 3 N–H and O–H groups in total. The molecular formula is C25H48O7. The van der Waals surface area contributed by atoms with Crippen LogP contribution in [0, 0.1) is 5.41 Å². The molecular weight excluding hydrogens is 412 g/mol. The van der Waals surface area contributed by atoms with Crippen LogP contribution in [-0.4, -0.2) is 60.3 Å². The van der Waals surface area contributed by atoms with Gasteiger partial charge >= 0.3 is 11.9 Å². The Balaban J connectivity index is 3.80. The van der Waals surface area contributed by atoms with E-state index in [4.69, 9.17) is 19.7 Å². The van der Waals surface area contributed by atoms with Crippen molar-refractivity contribution in [3.8, 4) is 0 Å². The normalized spacial score (nSPS) is 11.5. The molecule has 7 nitrogen and oxygen atoms in total. The SMILES string of the molecule is CC(CO)(COC(=O)CCCCCCCCCO)COC(=O)CCCCCCCCCO. The van der Waals surface area contributed by atoms with E-state index in [0.717, 1.165) is 89.9 Å². The first-order valence-corrected chi connectivity index (χ1v) is 12.6. The highest BCUT2D eigenvalue weighted by atomic mass is 16.5. The number of ether oxygens (including phenoxy) is 2. The van der Waals surface area contributed by atoms with E-state index in [1.807, 2.05) is 0 Å². The Bertz CT molecular complexity index is 418. The van der Waals surface area contributed by atoms with Crippen molar-refractivity contribution < 1.29 is 34.4 Å². The summed E-state index contributed by atoms with van der Waals surface area (Å²) in [4.78, 5) is 23.9. The second-order valence-electron chi connectivity index (χ2n) is 9.19. The van der Waals surface area contributed by atoms with E-state index in [1.54, 1.807) is 6.92 Å². The van der Waals surface area contributed by atoms with Gasteiger partial charge in [0.15, 0.2) is 0 Å². The number of hydrogen-bond donors (Lipinski definition) is 3. The van der Waals surface area contributed by atoms with Gasteiger partial charge in [0.05, 0.1) is 12.0 Å². The molecule has 0 aromatic heterocycles. The van der Waals surface area contributed by atoms with Crippen molar-refractivity contribution in [2.24, 2.45) is 5.41 Å². The summed E-state index contributed by atoms with van der Waals surface area (Å²) in [6, 6.07) is 0. The molecule has 0 aliphatic carbocycles. The van der Waals surface area contributed by atoms with Gasteiger partial charge in [0, 0.05) is 26.1 Å². The van der Waals surface area contributed by atoms with Gasteiger partial charge in [-0.1, -0.05) is 71.1 Å². The highest BCUT2D eigenvalue weighted by Gasteiger charge is 2.27. The third-order valence-corrected chi connectivity index (χ3v) is 5.62. The fourth-order valence-electron chi connectivity index (χ4n) is 3.32. The smallest absolute Gasteiger partial charge is 0.305 e. The lowest BCUT2D eigenvalue weighted by atomic mass is 9.94. The van der Waals surface area contributed by atoms with Crippen LogP contribution in [-0.2, 0) is 19.1 Å². The zero-order valence-corrected chi connectivity index (χ0v) is 20.3. The molecule has 190 valence electrons. The maximum atomic E-state index is 12.0. The number of esters is 2. The van der Waals surface area contributed by atoms with Crippen LogP contribution < -0.4 is 0 Å². The molecule has 0 atom stereocenters. The number of aliphatic hydroxyl groups excluding tert-OH is 3. The molecule has 0 heterocycles. The number of hydrogen-bond acceptors (Lipinski definition) is 7. The molecule has 0 saturated carbocycles. The maximum absolute atomic E-state index is 12.0. The summed E-state index contributed by atoms with van der Waals surface area (Å²) in [5.74, 6) is -0.564. The van der Waals surface area contributed by atoms with E-state index < -0.39 is 5.41 Å². The van der Waals surface area contributed by atoms with Crippen LogP contribution in [0.1, 0.15) is 110 Å². The third kappa shape index (κ3) is 19.5. The minimum atomic E-state index is -0.787. The number of rotatable bonds is 23. The fraction of sp³-hybridized carbons (Fsp3) is 0.920.